The van der Waals surface area contributed by atoms with Crippen LogP contribution in [-0.4, -0.2) is 43.0 Å². The maximum absolute atomic E-state index is 13.4. The Morgan fingerprint density at radius 2 is 1.84 bits per heavy atom. The minimum absolute atomic E-state index is 0.0864. The first-order chi connectivity index (χ1) is 17.7. The number of anilines is 1. The van der Waals surface area contributed by atoms with Gasteiger partial charge >= 0.3 is 6.18 Å². The Kier molecular flexibility index (Phi) is 6.80. The maximum atomic E-state index is 13.4. The molecule has 1 aliphatic carbocycles. The van der Waals surface area contributed by atoms with Crippen LogP contribution in [0.3, 0.4) is 0 Å². The number of aliphatic hydroxyl groups is 1. The molecule has 0 saturated heterocycles. The van der Waals surface area contributed by atoms with Crippen molar-refractivity contribution in [2.24, 2.45) is 5.41 Å². The molecule has 0 radical (unpaired) electrons. The molecular formula is C25H24F3N3O6S. The van der Waals surface area contributed by atoms with Crippen molar-refractivity contribution < 1.29 is 40.5 Å². The number of benzene rings is 2. The van der Waals surface area contributed by atoms with Gasteiger partial charge in [-0.1, -0.05) is 18.2 Å². The van der Waals surface area contributed by atoms with Crippen molar-refractivity contribution in [2.45, 2.75) is 55.9 Å². The van der Waals surface area contributed by atoms with Crippen molar-refractivity contribution in [3.8, 4) is 6.07 Å². The lowest BCUT2D eigenvalue weighted by molar-refractivity contribution is -0.258. The first kappa shape index (κ1) is 27.6. The zero-order valence-corrected chi connectivity index (χ0v) is 21.2. The Morgan fingerprint density at radius 3 is 2.37 bits per heavy atom. The molecule has 1 saturated carbocycles. The predicted octanol–water partition coefficient (Wildman–Crippen LogP) is 3.51. The number of halogens is 3. The quantitative estimate of drug-likeness (QED) is 0.503. The van der Waals surface area contributed by atoms with Crippen LogP contribution < -0.4 is 5.32 Å². The van der Waals surface area contributed by atoms with Crippen molar-refractivity contribution in [2.75, 3.05) is 11.9 Å². The van der Waals surface area contributed by atoms with Gasteiger partial charge in [-0.2, -0.15) is 26.9 Å². The lowest BCUT2D eigenvalue weighted by Crippen LogP contribution is -2.40. The Bertz CT molecular complexity index is 1430. The normalized spacial score (nSPS) is 19.7. The molecule has 202 valence electrons. The molecule has 0 spiro atoms. The van der Waals surface area contributed by atoms with Crippen molar-refractivity contribution in [1.82, 2.24) is 4.90 Å². The molecule has 2 aromatic carbocycles. The number of nitrogens with zero attached hydrogens (tertiary/aromatic N) is 2. The lowest BCUT2D eigenvalue weighted by Gasteiger charge is -2.27. The van der Waals surface area contributed by atoms with Gasteiger partial charge in [0.2, 0.25) is 5.91 Å². The van der Waals surface area contributed by atoms with Gasteiger partial charge in [-0.05, 0) is 67.6 Å². The summed E-state index contributed by atoms with van der Waals surface area (Å²) in [6.07, 6.45) is -4.26. The predicted molar refractivity (Wildman–Crippen MR) is 127 cm³/mol. The highest BCUT2D eigenvalue weighted by atomic mass is 32.2. The fourth-order valence-electron chi connectivity index (χ4n) is 4.30. The topological polar surface area (TPSA) is 137 Å². The number of hydrogen-bond donors (Lipinski definition) is 2. The zero-order chi connectivity index (χ0) is 28.1. The Morgan fingerprint density at radius 1 is 1.21 bits per heavy atom. The van der Waals surface area contributed by atoms with Crippen LogP contribution in [0.15, 0.2) is 47.4 Å². The highest BCUT2D eigenvalue weighted by Crippen LogP contribution is 2.49. The fourth-order valence-corrected chi connectivity index (χ4v) is 5.27. The number of nitriles is 1. The molecule has 2 atom stereocenters. The Hall–Kier alpha value is -3.47. The third-order valence-corrected chi connectivity index (χ3v) is 8.15. The summed E-state index contributed by atoms with van der Waals surface area (Å²) in [7, 11) is -4.06. The average molecular weight is 552 g/mol. The van der Waals surface area contributed by atoms with Crippen LogP contribution in [0, 0.1) is 16.7 Å². The Balaban J connectivity index is 1.66. The van der Waals surface area contributed by atoms with Crippen LogP contribution in [0.5, 0.6) is 0 Å². The molecule has 2 aliphatic rings. The van der Waals surface area contributed by atoms with Crippen LogP contribution in [0.2, 0.25) is 0 Å². The first-order valence-electron chi connectivity index (χ1n) is 11.6. The van der Waals surface area contributed by atoms with Crippen LogP contribution in [-0.2, 0) is 36.0 Å². The molecular weight excluding hydrogens is 527 g/mol. The van der Waals surface area contributed by atoms with E-state index in [4.69, 9.17) is 4.18 Å². The number of carbonyl (C=O) groups is 2. The third-order valence-electron chi connectivity index (χ3n) is 6.77. The second-order valence-corrected chi connectivity index (χ2v) is 11.0. The van der Waals surface area contributed by atoms with Gasteiger partial charge < -0.3 is 15.3 Å². The Labute approximate surface area is 216 Å². The summed E-state index contributed by atoms with van der Waals surface area (Å²) in [6, 6.07) is 9.16. The van der Waals surface area contributed by atoms with Crippen LogP contribution in [0.1, 0.15) is 49.4 Å². The summed E-state index contributed by atoms with van der Waals surface area (Å²) in [5.41, 5.74) is -3.96. The van der Waals surface area contributed by atoms with Crippen LogP contribution >= 0.6 is 0 Å². The number of fused-ring (bicyclic) bond motifs is 1. The highest BCUT2D eigenvalue weighted by Gasteiger charge is 2.56. The molecule has 2 aromatic rings. The van der Waals surface area contributed by atoms with E-state index in [-0.39, 0.29) is 23.7 Å². The number of rotatable bonds is 7. The summed E-state index contributed by atoms with van der Waals surface area (Å²) in [4.78, 5) is 27.7. The third kappa shape index (κ3) is 4.75. The van der Waals surface area contributed by atoms with E-state index in [1.807, 2.05) is 6.07 Å². The largest absolute Gasteiger partial charge is 0.421 e. The second-order valence-electron chi connectivity index (χ2n) is 9.39. The van der Waals surface area contributed by atoms with Gasteiger partial charge in [0.25, 0.3) is 16.0 Å². The van der Waals surface area contributed by atoms with E-state index in [1.165, 1.54) is 42.2 Å². The van der Waals surface area contributed by atoms with Crippen LogP contribution in [0.4, 0.5) is 18.9 Å². The van der Waals surface area contributed by atoms with E-state index in [1.54, 1.807) is 0 Å². The molecule has 0 bridgehead atoms. The second kappa shape index (κ2) is 9.37. The molecule has 1 fully saturated rings. The summed E-state index contributed by atoms with van der Waals surface area (Å²) < 4.78 is 69.0. The average Bonchev–Trinajstić information content (AvgIpc) is 3.56. The van der Waals surface area contributed by atoms with Crippen molar-refractivity contribution in [3.63, 3.8) is 0 Å². The van der Waals surface area contributed by atoms with Gasteiger partial charge in [0.1, 0.15) is 11.5 Å². The number of carbonyl (C=O) groups excluding carboxylic acids is 2. The van der Waals surface area contributed by atoms with E-state index in [0.29, 0.717) is 30.9 Å². The molecule has 2 amide bonds. The van der Waals surface area contributed by atoms with E-state index in [0.717, 1.165) is 12.1 Å². The smallest absolute Gasteiger partial charge is 0.376 e. The van der Waals surface area contributed by atoms with E-state index >= 15 is 0 Å². The van der Waals surface area contributed by atoms with Gasteiger partial charge in [-0.25, -0.2) is 0 Å². The molecule has 2 unspecified atom stereocenters. The molecule has 2 N–H and O–H groups in total. The van der Waals surface area contributed by atoms with E-state index in [2.05, 4.69) is 5.32 Å². The summed E-state index contributed by atoms with van der Waals surface area (Å²) >= 11 is 0. The van der Waals surface area contributed by atoms with Crippen molar-refractivity contribution >= 4 is 27.6 Å². The molecule has 4 rings (SSSR count). The monoisotopic (exact) mass is 551 g/mol. The number of nitrogens with one attached hydrogen (secondary N) is 1. The first-order valence-corrected chi connectivity index (χ1v) is 13.0. The van der Waals surface area contributed by atoms with E-state index in [9.17, 15) is 41.5 Å². The number of amides is 2. The minimum atomic E-state index is -4.92. The van der Waals surface area contributed by atoms with Gasteiger partial charge in [0, 0.05) is 12.2 Å². The number of alkyl halides is 3. The minimum Gasteiger partial charge on any atom is -0.376 e. The standard InChI is InChI=1S/C25H24F3N3O6S/c1-3-37-38(35,36)18-8-9-19-15(12-18)13-31(22(33)24(14-29)10-11-24)20(19)21(32)30-17-6-4-16(5-7-17)23(2,34)25(26,27)28/h4-9,12,20,34H,3,10-11,13H2,1-2H3,(H,30,32). The fraction of sp³-hybridized carbons (Fsp3) is 0.400. The van der Waals surface area contributed by atoms with Gasteiger partial charge in [-0.3, -0.25) is 13.8 Å². The van der Waals surface area contributed by atoms with Gasteiger partial charge in [-0.15, -0.1) is 0 Å². The SMILES string of the molecule is CCOS(=O)(=O)c1ccc2c(c1)CN(C(=O)C1(C#N)CC1)C2C(=O)Nc1ccc(C(C)(O)C(F)(F)F)cc1. The zero-order valence-electron chi connectivity index (χ0n) is 20.4. The molecule has 38 heavy (non-hydrogen) atoms. The maximum Gasteiger partial charge on any atom is 0.421 e. The lowest BCUT2D eigenvalue weighted by atomic mass is 9.95. The summed E-state index contributed by atoms with van der Waals surface area (Å²) in [6.45, 7) is 1.91. The van der Waals surface area contributed by atoms with Crippen LogP contribution in [0.25, 0.3) is 0 Å². The molecule has 1 heterocycles. The summed E-state index contributed by atoms with van der Waals surface area (Å²) in [5.74, 6) is -1.27. The van der Waals surface area contributed by atoms with E-state index < -0.39 is 50.7 Å². The molecule has 1 aliphatic heterocycles. The highest BCUT2D eigenvalue weighted by molar-refractivity contribution is 7.86. The van der Waals surface area contributed by atoms with Gasteiger partial charge in [0.15, 0.2) is 5.60 Å². The number of hydrogen-bond acceptors (Lipinski definition) is 7. The molecule has 9 nitrogen and oxygen atoms in total. The molecule has 13 heteroatoms. The summed E-state index contributed by atoms with van der Waals surface area (Å²) in [5, 5.41) is 21.9. The van der Waals surface area contributed by atoms with Crippen molar-refractivity contribution in [1.29, 1.82) is 5.26 Å². The van der Waals surface area contributed by atoms with Gasteiger partial charge in [0.05, 0.1) is 17.6 Å². The van der Waals surface area contributed by atoms with Crippen molar-refractivity contribution in [3.05, 3.63) is 59.2 Å². The molecule has 0 aromatic heterocycles.